The SMILES string of the molecule is CCSc1ncc(CNCCCOC)cn1. The molecule has 0 fully saturated rings. The van der Waals surface area contributed by atoms with Crippen LogP contribution in [0.4, 0.5) is 0 Å². The average Bonchev–Trinajstić information content (AvgIpc) is 2.31. The van der Waals surface area contributed by atoms with Crippen LogP contribution in [0.2, 0.25) is 0 Å². The van der Waals surface area contributed by atoms with E-state index < -0.39 is 0 Å². The van der Waals surface area contributed by atoms with E-state index in [4.69, 9.17) is 4.74 Å². The second-order valence-electron chi connectivity index (χ2n) is 3.33. The molecule has 1 heterocycles. The van der Waals surface area contributed by atoms with Gasteiger partial charge >= 0.3 is 0 Å². The summed E-state index contributed by atoms with van der Waals surface area (Å²) in [6, 6.07) is 0. The van der Waals surface area contributed by atoms with Gasteiger partial charge in [0, 0.05) is 38.2 Å². The first-order valence-corrected chi connectivity index (χ1v) is 6.48. The quantitative estimate of drug-likeness (QED) is 0.426. The van der Waals surface area contributed by atoms with E-state index >= 15 is 0 Å². The van der Waals surface area contributed by atoms with Gasteiger partial charge in [-0.2, -0.15) is 0 Å². The molecule has 0 radical (unpaired) electrons. The van der Waals surface area contributed by atoms with E-state index in [9.17, 15) is 0 Å². The van der Waals surface area contributed by atoms with Gasteiger partial charge in [-0.05, 0) is 18.7 Å². The van der Waals surface area contributed by atoms with Crippen LogP contribution < -0.4 is 5.32 Å². The van der Waals surface area contributed by atoms with Crippen molar-refractivity contribution in [2.75, 3.05) is 26.0 Å². The molecule has 0 atom stereocenters. The molecule has 0 aliphatic carbocycles. The van der Waals surface area contributed by atoms with Crippen molar-refractivity contribution in [1.29, 1.82) is 0 Å². The number of hydrogen-bond donors (Lipinski definition) is 1. The lowest BCUT2D eigenvalue weighted by atomic mass is 10.3. The lowest BCUT2D eigenvalue weighted by Crippen LogP contribution is -2.16. The Morgan fingerprint density at radius 1 is 1.38 bits per heavy atom. The van der Waals surface area contributed by atoms with Crippen molar-refractivity contribution in [2.24, 2.45) is 0 Å². The maximum absolute atomic E-state index is 4.97. The summed E-state index contributed by atoms with van der Waals surface area (Å²) in [5, 5.41) is 4.17. The minimum atomic E-state index is 0.801. The van der Waals surface area contributed by atoms with Crippen LogP contribution >= 0.6 is 11.8 Å². The maximum atomic E-state index is 4.97. The minimum Gasteiger partial charge on any atom is -0.385 e. The van der Waals surface area contributed by atoms with Crippen molar-refractivity contribution < 1.29 is 4.74 Å². The molecule has 0 amide bonds. The highest BCUT2D eigenvalue weighted by molar-refractivity contribution is 7.99. The molecule has 0 saturated heterocycles. The number of nitrogens with one attached hydrogen (secondary N) is 1. The Morgan fingerprint density at radius 2 is 2.12 bits per heavy atom. The number of thioether (sulfide) groups is 1. The molecule has 4 nitrogen and oxygen atoms in total. The van der Waals surface area contributed by atoms with Crippen LogP contribution in [0, 0.1) is 0 Å². The third kappa shape index (κ3) is 5.44. The van der Waals surface area contributed by atoms with Crippen molar-refractivity contribution in [3.63, 3.8) is 0 Å². The van der Waals surface area contributed by atoms with Crippen molar-refractivity contribution >= 4 is 11.8 Å². The number of hydrogen-bond acceptors (Lipinski definition) is 5. The predicted molar refractivity (Wildman–Crippen MR) is 66.6 cm³/mol. The molecule has 16 heavy (non-hydrogen) atoms. The molecule has 0 aliphatic heterocycles. The first kappa shape index (κ1) is 13.4. The third-order valence-corrected chi connectivity index (χ3v) is 2.74. The molecule has 0 aliphatic rings. The second-order valence-corrected chi connectivity index (χ2v) is 4.56. The van der Waals surface area contributed by atoms with Crippen LogP contribution in [0.5, 0.6) is 0 Å². The predicted octanol–water partition coefficient (Wildman–Crippen LogP) is 1.71. The normalized spacial score (nSPS) is 10.6. The molecule has 0 spiro atoms. The second kappa shape index (κ2) is 8.50. The van der Waals surface area contributed by atoms with Crippen LogP contribution in [-0.4, -0.2) is 36.0 Å². The van der Waals surface area contributed by atoms with Gasteiger partial charge in [-0.25, -0.2) is 9.97 Å². The van der Waals surface area contributed by atoms with Crippen LogP contribution in [0.3, 0.4) is 0 Å². The summed E-state index contributed by atoms with van der Waals surface area (Å²) in [5.74, 6) is 1.01. The van der Waals surface area contributed by atoms with Crippen LogP contribution in [0.25, 0.3) is 0 Å². The van der Waals surface area contributed by atoms with Crippen LogP contribution in [0.15, 0.2) is 17.6 Å². The molecular weight excluding hydrogens is 222 g/mol. The fourth-order valence-electron chi connectivity index (χ4n) is 1.21. The molecule has 0 aromatic carbocycles. The van der Waals surface area contributed by atoms with Crippen molar-refractivity contribution in [3.8, 4) is 0 Å². The summed E-state index contributed by atoms with van der Waals surface area (Å²) in [6.45, 7) is 4.68. The van der Waals surface area contributed by atoms with E-state index in [1.807, 2.05) is 12.4 Å². The summed E-state index contributed by atoms with van der Waals surface area (Å²) in [5.41, 5.74) is 1.12. The Balaban J connectivity index is 2.21. The Morgan fingerprint density at radius 3 is 2.75 bits per heavy atom. The molecule has 1 N–H and O–H groups in total. The van der Waals surface area contributed by atoms with Gasteiger partial charge in [0.2, 0.25) is 0 Å². The van der Waals surface area contributed by atoms with Crippen molar-refractivity contribution in [2.45, 2.75) is 25.0 Å². The zero-order valence-electron chi connectivity index (χ0n) is 9.90. The molecule has 1 aromatic rings. The Hall–Kier alpha value is -0.650. The van der Waals surface area contributed by atoms with Crippen LogP contribution in [0.1, 0.15) is 18.9 Å². The van der Waals surface area contributed by atoms with Gasteiger partial charge in [-0.3, -0.25) is 0 Å². The monoisotopic (exact) mass is 241 g/mol. The molecule has 0 bridgehead atoms. The topological polar surface area (TPSA) is 47.0 Å². The summed E-state index contributed by atoms with van der Waals surface area (Å²) < 4.78 is 4.97. The number of nitrogens with zero attached hydrogens (tertiary/aromatic N) is 2. The largest absolute Gasteiger partial charge is 0.385 e. The standard InChI is InChI=1S/C11H19N3OS/c1-3-16-11-13-8-10(9-14-11)7-12-5-4-6-15-2/h8-9,12H,3-7H2,1-2H3. The zero-order valence-corrected chi connectivity index (χ0v) is 10.7. The lowest BCUT2D eigenvalue weighted by molar-refractivity contribution is 0.194. The van der Waals surface area contributed by atoms with Crippen molar-refractivity contribution in [1.82, 2.24) is 15.3 Å². The highest BCUT2D eigenvalue weighted by Gasteiger charge is 1.97. The van der Waals surface area contributed by atoms with E-state index in [0.29, 0.717) is 0 Å². The minimum absolute atomic E-state index is 0.801. The van der Waals surface area contributed by atoms with Crippen molar-refractivity contribution in [3.05, 3.63) is 18.0 Å². The molecule has 5 heteroatoms. The number of rotatable bonds is 8. The fraction of sp³-hybridized carbons (Fsp3) is 0.636. The van der Waals surface area contributed by atoms with Gasteiger partial charge in [0.25, 0.3) is 0 Å². The molecule has 1 aromatic heterocycles. The van der Waals surface area contributed by atoms with Gasteiger partial charge in [-0.1, -0.05) is 18.7 Å². The highest BCUT2D eigenvalue weighted by Crippen LogP contribution is 2.10. The number of ether oxygens (including phenoxy) is 1. The van der Waals surface area contributed by atoms with E-state index in [1.165, 1.54) is 0 Å². The van der Waals surface area contributed by atoms with Gasteiger partial charge in [0.15, 0.2) is 5.16 Å². The van der Waals surface area contributed by atoms with Gasteiger partial charge < -0.3 is 10.1 Å². The van der Waals surface area contributed by atoms with Gasteiger partial charge in [0.1, 0.15) is 0 Å². The smallest absolute Gasteiger partial charge is 0.187 e. The van der Waals surface area contributed by atoms with Gasteiger partial charge in [-0.15, -0.1) is 0 Å². The van der Waals surface area contributed by atoms with E-state index in [0.717, 1.165) is 42.6 Å². The first-order chi connectivity index (χ1) is 7.86. The molecule has 0 saturated carbocycles. The molecule has 90 valence electrons. The highest BCUT2D eigenvalue weighted by atomic mass is 32.2. The summed E-state index contributed by atoms with van der Waals surface area (Å²) in [6.07, 6.45) is 4.80. The number of methoxy groups -OCH3 is 1. The number of aromatic nitrogens is 2. The van der Waals surface area contributed by atoms with E-state index in [2.05, 4.69) is 22.2 Å². The average molecular weight is 241 g/mol. The fourth-order valence-corrected chi connectivity index (χ4v) is 1.72. The summed E-state index contributed by atoms with van der Waals surface area (Å²) >= 11 is 1.66. The van der Waals surface area contributed by atoms with E-state index in [1.54, 1.807) is 18.9 Å². The third-order valence-electron chi connectivity index (χ3n) is 1.99. The molecule has 0 unspecified atom stereocenters. The summed E-state index contributed by atoms with van der Waals surface area (Å²) in [7, 11) is 1.72. The van der Waals surface area contributed by atoms with Crippen LogP contribution in [-0.2, 0) is 11.3 Å². The summed E-state index contributed by atoms with van der Waals surface area (Å²) in [4.78, 5) is 8.54. The Kier molecular flexibility index (Phi) is 7.12. The zero-order chi connectivity index (χ0) is 11.6. The Labute approximate surface area is 101 Å². The Bertz CT molecular complexity index is 279. The maximum Gasteiger partial charge on any atom is 0.187 e. The lowest BCUT2D eigenvalue weighted by Gasteiger charge is -2.04. The van der Waals surface area contributed by atoms with Gasteiger partial charge in [0.05, 0.1) is 0 Å². The molecule has 1 rings (SSSR count). The first-order valence-electron chi connectivity index (χ1n) is 5.50. The van der Waals surface area contributed by atoms with E-state index in [-0.39, 0.29) is 0 Å². The molecular formula is C11H19N3OS.